The van der Waals surface area contributed by atoms with Crippen LogP contribution in [0, 0.1) is 6.92 Å². The zero-order valence-electron chi connectivity index (χ0n) is 13.0. The number of aromatic nitrogens is 1. The van der Waals surface area contributed by atoms with E-state index in [9.17, 15) is 5.11 Å². The van der Waals surface area contributed by atoms with Crippen molar-refractivity contribution in [1.82, 2.24) is 10.3 Å². The number of pyridine rings is 1. The van der Waals surface area contributed by atoms with Gasteiger partial charge in [0.2, 0.25) is 0 Å². The molecule has 0 amide bonds. The number of nitrogens with one attached hydrogen (secondary N) is 1. The smallest absolute Gasteiger partial charge is 0.131 e. The normalized spacial score (nSPS) is 12.0. The Morgan fingerprint density at radius 2 is 2.05 bits per heavy atom. The fourth-order valence-corrected chi connectivity index (χ4v) is 2.10. The predicted octanol–water partition coefficient (Wildman–Crippen LogP) is 2.10. The van der Waals surface area contributed by atoms with Crippen LogP contribution < -0.4 is 10.2 Å². The van der Waals surface area contributed by atoms with Crippen LogP contribution in [-0.4, -0.2) is 35.3 Å². The van der Waals surface area contributed by atoms with Crippen LogP contribution in [0.4, 0.5) is 5.82 Å². The molecule has 1 aromatic rings. The molecule has 108 valence electrons. The van der Waals surface area contributed by atoms with Gasteiger partial charge in [-0.15, -0.1) is 0 Å². The quantitative estimate of drug-likeness (QED) is 0.827. The number of anilines is 1. The van der Waals surface area contributed by atoms with Crippen molar-refractivity contribution >= 4 is 5.82 Å². The second-order valence-electron chi connectivity index (χ2n) is 6.19. The van der Waals surface area contributed by atoms with Crippen LogP contribution in [-0.2, 0) is 6.54 Å². The van der Waals surface area contributed by atoms with Crippen molar-refractivity contribution in [2.24, 2.45) is 0 Å². The Labute approximate surface area is 116 Å². The summed E-state index contributed by atoms with van der Waals surface area (Å²) in [4.78, 5) is 6.51. The van der Waals surface area contributed by atoms with Crippen molar-refractivity contribution < 1.29 is 5.11 Å². The molecular formula is C15H27N3O. The standard InChI is InChI=1S/C15H27N3O/c1-11(2)16-8-13-7-12(3)14(17-9-13)18(6)10-15(4,5)19/h7,9,11,16,19H,8,10H2,1-6H3. The minimum Gasteiger partial charge on any atom is -0.389 e. The lowest BCUT2D eigenvalue weighted by Crippen LogP contribution is -2.37. The van der Waals surface area contributed by atoms with Crippen molar-refractivity contribution in [3.63, 3.8) is 0 Å². The van der Waals surface area contributed by atoms with Gasteiger partial charge in [-0.3, -0.25) is 0 Å². The van der Waals surface area contributed by atoms with Crippen LogP contribution in [0.3, 0.4) is 0 Å². The first-order chi connectivity index (χ1) is 8.69. The molecule has 0 atom stereocenters. The number of nitrogens with zero attached hydrogens (tertiary/aromatic N) is 2. The summed E-state index contributed by atoms with van der Waals surface area (Å²) in [5.74, 6) is 0.926. The molecule has 19 heavy (non-hydrogen) atoms. The first-order valence-electron chi connectivity index (χ1n) is 6.81. The van der Waals surface area contributed by atoms with E-state index in [-0.39, 0.29) is 0 Å². The second kappa shape index (κ2) is 6.35. The molecule has 4 nitrogen and oxygen atoms in total. The van der Waals surface area contributed by atoms with Crippen molar-refractivity contribution in [3.05, 3.63) is 23.4 Å². The van der Waals surface area contributed by atoms with E-state index < -0.39 is 5.60 Å². The molecule has 0 fully saturated rings. The second-order valence-corrected chi connectivity index (χ2v) is 6.19. The van der Waals surface area contributed by atoms with Crippen molar-refractivity contribution in [2.45, 2.75) is 52.8 Å². The highest BCUT2D eigenvalue weighted by Gasteiger charge is 2.17. The molecule has 0 saturated heterocycles. The molecule has 0 aromatic carbocycles. The topological polar surface area (TPSA) is 48.4 Å². The van der Waals surface area contributed by atoms with Crippen LogP contribution in [0.2, 0.25) is 0 Å². The maximum atomic E-state index is 9.86. The molecule has 1 aromatic heterocycles. The molecule has 0 aliphatic carbocycles. The molecule has 0 aliphatic heterocycles. The van der Waals surface area contributed by atoms with E-state index in [0.717, 1.165) is 17.9 Å². The van der Waals surface area contributed by atoms with Gasteiger partial charge < -0.3 is 15.3 Å². The largest absolute Gasteiger partial charge is 0.389 e. The highest BCUT2D eigenvalue weighted by molar-refractivity contribution is 5.47. The summed E-state index contributed by atoms with van der Waals surface area (Å²) in [6.45, 7) is 11.3. The van der Waals surface area contributed by atoms with Crippen molar-refractivity contribution in [3.8, 4) is 0 Å². The molecule has 4 heteroatoms. The maximum absolute atomic E-state index is 9.86. The number of aliphatic hydroxyl groups is 1. The number of aryl methyl sites for hydroxylation is 1. The van der Waals surface area contributed by atoms with E-state index in [1.54, 1.807) is 13.8 Å². The van der Waals surface area contributed by atoms with E-state index in [2.05, 4.69) is 37.1 Å². The highest BCUT2D eigenvalue weighted by atomic mass is 16.3. The summed E-state index contributed by atoms with van der Waals surface area (Å²) in [5.41, 5.74) is 1.60. The van der Waals surface area contributed by atoms with Gasteiger partial charge in [0.15, 0.2) is 0 Å². The Balaban J connectivity index is 2.76. The van der Waals surface area contributed by atoms with Crippen LogP contribution in [0.15, 0.2) is 12.3 Å². The lowest BCUT2D eigenvalue weighted by Gasteiger charge is -2.27. The first-order valence-corrected chi connectivity index (χ1v) is 6.81. The summed E-state index contributed by atoms with van der Waals surface area (Å²) < 4.78 is 0. The average Bonchev–Trinajstić information content (AvgIpc) is 2.23. The fourth-order valence-electron chi connectivity index (χ4n) is 2.10. The SMILES string of the molecule is Cc1cc(CNC(C)C)cnc1N(C)CC(C)(C)O. The lowest BCUT2D eigenvalue weighted by atomic mass is 10.1. The van der Waals surface area contributed by atoms with Gasteiger partial charge in [0.05, 0.1) is 5.60 Å². The Morgan fingerprint density at radius 3 is 2.53 bits per heavy atom. The molecule has 1 heterocycles. The van der Waals surface area contributed by atoms with Gasteiger partial charge in [-0.25, -0.2) is 4.98 Å². The van der Waals surface area contributed by atoms with Gasteiger partial charge in [-0.1, -0.05) is 13.8 Å². The van der Waals surface area contributed by atoms with Crippen LogP contribution in [0.5, 0.6) is 0 Å². The zero-order chi connectivity index (χ0) is 14.6. The summed E-state index contributed by atoms with van der Waals surface area (Å²) in [6, 6.07) is 2.62. The predicted molar refractivity (Wildman–Crippen MR) is 80.5 cm³/mol. The summed E-state index contributed by atoms with van der Waals surface area (Å²) >= 11 is 0. The van der Waals surface area contributed by atoms with E-state index in [1.165, 1.54) is 5.56 Å². The molecular weight excluding hydrogens is 238 g/mol. The highest BCUT2D eigenvalue weighted by Crippen LogP contribution is 2.18. The monoisotopic (exact) mass is 265 g/mol. The Bertz CT molecular complexity index is 410. The van der Waals surface area contributed by atoms with Gasteiger partial charge in [0, 0.05) is 32.4 Å². The Kier molecular flexibility index (Phi) is 5.32. The maximum Gasteiger partial charge on any atom is 0.131 e. The first kappa shape index (κ1) is 15.9. The molecule has 0 radical (unpaired) electrons. The van der Waals surface area contributed by atoms with E-state index in [4.69, 9.17) is 0 Å². The summed E-state index contributed by atoms with van der Waals surface area (Å²) in [6.07, 6.45) is 1.90. The third kappa shape index (κ3) is 5.57. The fraction of sp³-hybridized carbons (Fsp3) is 0.667. The van der Waals surface area contributed by atoms with Crippen LogP contribution in [0.1, 0.15) is 38.8 Å². The van der Waals surface area contributed by atoms with Gasteiger partial charge in [-0.2, -0.15) is 0 Å². The van der Waals surface area contributed by atoms with Crippen molar-refractivity contribution in [1.29, 1.82) is 0 Å². The summed E-state index contributed by atoms with van der Waals surface area (Å²) in [5, 5.41) is 13.2. The minimum absolute atomic E-state index is 0.470. The number of rotatable bonds is 6. The molecule has 1 rings (SSSR count). The zero-order valence-corrected chi connectivity index (χ0v) is 13.0. The van der Waals surface area contributed by atoms with Crippen molar-refractivity contribution in [2.75, 3.05) is 18.5 Å². The van der Waals surface area contributed by atoms with Crippen LogP contribution >= 0.6 is 0 Å². The Hall–Kier alpha value is -1.13. The molecule has 0 unspecified atom stereocenters. The lowest BCUT2D eigenvalue weighted by molar-refractivity contribution is 0.0884. The average molecular weight is 265 g/mol. The molecule has 0 bridgehead atoms. The third-order valence-corrected chi connectivity index (χ3v) is 2.81. The number of likely N-dealkylation sites (N-methyl/N-ethyl adjacent to an activating group) is 1. The van der Waals surface area contributed by atoms with Gasteiger partial charge in [-0.05, 0) is 38.0 Å². The Morgan fingerprint density at radius 1 is 1.42 bits per heavy atom. The van der Waals surface area contributed by atoms with E-state index in [0.29, 0.717) is 12.6 Å². The minimum atomic E-state index is -0.721. The third-order valence-electron chi connectivity index (χ3n) is 2.81. The summed E-state index contributed by atoms with van der Waals surface area (Å²) in [7, 11) is 1.96. The van der Waals surface area contributed by atoms with E-state index >= 15 is 0 Å². The number of hydrogen-bond donors (Lipinski definition) is 2. The van der Waals surface area contributed by atoms with E-state index in [1.807, 2.05) is 18.1 Å². The van der Waals surface area contributed by atoms with Gasteiger partial charge in [0.25, 0.3) is 0 Å². The molecule has 0 aliphatic rings. The van der Waals surface area contributed by atoms with Crippen LogP contribution in [0.25, 0.3) is 0 Å². The molecule has 0 spiro atoms. The van der Waals surface area contributed by atoms with Gasteiger partial charge in [0.1, 0.15) is 5.82 Å². The molecule has 2 N–H and O–H groups in total. The molecule has 0 saturated carbocycles. The van der Waals surface area contributed by atoms with Gasteiger partial charge >= 0.3 is 0 Å². The number of hydrogen-bond acceptors (Lipinski definition) is 4.